The monoisotopic (exact) mass is 455 g/mol. The third-order valence-electron chi connectivity index (χ3n) is 5.05. The molecule has 0 aliphatic heterocycles. The van der Waals surface area contributed by atoms with Crippen LogP contribution in [0.25, 0.3) is 16.7 Å². The minimum Gasteiger partial charge on any atom is -0.497 e. The van der Waals surface area contributed by atoms with E-state index in [1.807, 2.05) is 0 Å². The van der Waals surface area contributed by atoms with Crippen LogP contribution in [0.5, 0.6) is 11.5 Å². The lowest BCUT2D eigenvalue weighted by molar-refractivity contribution is -0.145. The summed E-state index contributed by atoms with van der Waals surface area (Å²) in [6.45, 7) is 0. The minimum absolute atomic E-state index is 0.151. The first-order chi connectivity index (χ1) is 15.8. The lowest BCUT2D eigenvalue weighted by Crippen LogP contribution is -2.15. The number of nitrogens with zero attached hydrogens (tertiary/aromatic N) is 2. The molecule has 1 amide bonds. The van der Waals surface area contributed by atoms with Gasteiger partial charge in [-0.15, -0.1) is 0 Å². The molecule has 1 N–H and O–H groups in total. The third kappa shape index (κ3) is 4.77. The summed E-state index contributed by atoms with van der Waals surface area (Å²) in [4.78, 5) is 16.1. The number of carbonyl (C=O) groups is 1. The number of rotatable bonds is 6. The van der Waals surface area contributed by atoms with E-state index in [9.17, 15) is 18.0 Å². The molecule has 9 heteroatoms. The van der Waals surface area contributed by atoms with Crippen molar-refractivity contribution in [2.75, 3.05) is 19.5 Å². The van der Waals surface area contributed by atoms with Gasteiger partial charge < -0.3 is 14.8 Å². The second-order valence-corrected chi connectivity index (χ2v) is 7.24. The second kappa shape index (κ2) is 8.85. The van der Waals surface area contributed by atoms with Crippen molar-refractivity contribution in [2.45, 2.75) is 12.6 Å². The Labute approximate surface area is 187 Å². The van der Waals surface area contributed by atoms with Crippen molar-refractivity contribution in [3.63, 3.8) is 0 Å². The summed E-state index contributed by atoms with van der Waals surface area (Å²) in [5.41, 5.74) is 2.00. The number of nitrogens with one attached hydrogen (secondary N) is 1. The summed E-state index contributed by atoms with van der Waals surface area (Å²) in [7, 11) is 3.00. The van der Waals surface area contributed by atoms with Crippen LogP contribution in [0.4, 0.5) is 18.9 Å². The first-order valence-corrected chi connectivity index (χ1v) is 9.95. The first kappa shape index (κ1) is 22.2. The van der Waals surface area contributed by atoms with Crippen molar-refractivity contribution in [1.82, 2.24) is 9.55 Å². The number of amides is 1. The average molecular weight is 455 g/mol. The zero-order chi connectivity index (χ0) is 23.6. The predicted octanol–water partition coefficient (Wildman–Crippen LogP) is 5.24. The first-order valence-electron chi connectivity index (χ1n) is 9.95. The van der Waals surface area contributed by atoms with E-state index in [1.165, 1.54) is 31.4 Å². The average Bonchev–Trinajstić information content (AvgIpc) is 3.19. The van der Waals surface area contributed by atoms with E-state index in [1.54, 1.807) is 49.6 Å². The molecule has 3 aromatic carbocycles. The number of imidazole rings is 1. The van der Waals surface area contributed by atoms with Crippen LogP contribution in [-0.4, -0.2) is 29.7 Å². The van der Waals surface area contributed by atoms with Gasteiger partial charge in [-0.05, 0) is 54.1 Å². The fraction of sp³-hybridized carbons (Fsp3) is 0.167. The molecule has 0 bridgehead atoms. The van der Waals surface area contributed by atoms with Crippen molar-refractivity contribution in [1.29, 1.82) is 0 Å². The molecular formula is C24H20F3N3O3. The molecule has 0 fully saturated rings. The van der Waals surface area contributed by atoms with Crippen molar-refractivity contribution >= 4 is 22.6 Å². The molecular weight excluding hydrogens is 435 g/mol. The van der Waals surface area contributed by atoms with Crippen molar-refractivity contribution in [2.24, 2.45) is 0 Å². The third-order valence-corrected chi connectivity index (χ3v) is 5.05. The number of methoxy groups -OCH3 is 2. The van der Waals surface area contributed by atoms with Crippen molar-refractivity contribution in [3.8, 4) is 17.2 Å². The molecule has 4 rings (SSSR count). The Balaban J connectivity index is 1.58. The van der Waals surface area contributed by atoms with Crippen LogP contribution in [0.1, 0.15) is 11.4 Å². The summed E-state index contributed by atoms with van der Waals surface area (Å²) < 4.78 is 52.3. The standard InChI is InChI=1S/C24H20F3N3O3/c1-32-18-9-3-15(4-10-18)13-22(31)28-16-5-7-17(8-6-16)30-21-12-11-19(33-2)14-20(21)29-23(30)24(25,26)27/h3-12,14H,13H2,1-2H3,(H,28,31). The molecule has 0 aliphatic rings. The van der Waals surface area contributed by atoms with Crippen molar-refractivity contribution < 1.29 is 27.4 Å². The fourth-order valence-electron chi connectivity index (χ4n) is 3.47. The normalized spacial score (nSPS) is 11.4. The van der Waals surface area contributed by atoms with Crippen LogP contribution in [-0.2, 0) is 17.4 Å². The van der Waals surface area contributed by atoms with Crippen LogP contribution in [0.2, 0.25) is 0 Å². The van der Waals surface area contributed by atoms with Gasteiger partial charge in [0.25, 0.3) is 0 Å². The molecule has 6 nitrogen and oxygen atoms in total. The quantitative estimate of drug-likeness (QED) is 0.432. The lowest BCUT2D eigenvalue weighted by Gasteiger charge is -2.13. The minimum atomic E-state index is -4.66. The van der Waals surface area contributed by atoms with E-state index in [0.717, 1.165) is 10.1 Å². The number of carbonyl (C=O) groups excluding carboxylic acids is 1. The number of fused-ring (bicyclic) bond motifs is 1. The maximum absolute atomic E-state index is 13.7. The molecule has 0 unspecified atom stereocenters. The van der Waals surface area contributed by atoms with Gasteiger partial charge in [0.05, 0.1) is 31.7 Å². The molecule has 0 saturated heterocycles. The molecule has 0 saturated carbocycles. The SMILES string of the molecule is COc1ccc(CC(=O)Nc2ccc(-n3c(C(F)(F)F)nc4cc(OC)ccc43)cc2)cc1. The topological polar surface area (TPSA) is 65.4 Å². The van der Waals surface area contributed by atoms with Crippen LogP contribution in [0, 0.1) is 0 Å². The molecule has 170 valence electrons. The van der Waals surface area contributed by atoms with E-state index in [2.05, 4.69) is 10.3 Å². The highest BCUT2D eigenvalue weighted by Gasteiger charge is 2.38. The van der Waals surface area contributed by atoms with Gasteiger partial charge in [-0.2, -0.15) is 13.2 Å². The molecule has 0 atom stereocenters. The molecule has 1 aromatic heterocycles. The Morgan fingerprint density at radius 2 is 1.58 bits per heavy atom. The molecule has 0 aliphatic carbocycles. The van der Waals surface area contributed by atoms with Gasteiger partial charge in [0.2, 0.25) is 11.7 Å². The van der Waals surface area contributed by atoms with Crippen molar-refractivity contribution in [3.05, 3.63) is 78.1 Å². The van der Waals surface area contributed by atoms with Gasteiger partial charge in [0, 0.05) is 17.4 Å². The summed E-state index contributed by atoms with van der Waals surface area (Å²) in [5.74, 6) is -0.180. The number of halogens is 3. The molecule has 4 aromatic rings. The largest absolute Gasteiger partial charge is 0.497 e. The zero-order valence-corrected chi connectivity index (χ0v) is 17.8. The van der Waals surface area contributed by atoms with Gasteiger partial charge >= 0.3 is 6.18 Å². The van der Waals surface area contributed by atoms with E-state index in [0.29, 0.717) is 22.7 Å². The molecule has 1 heterocycles. The number of alkyl halides is 3. The van der Waals surface area contributed by atoms with Gasteiger partial charge in [-0.3, -0.25) is 9.36 Å². The highest BCUT2D eigenvalue weighted by molar-refractivity contribution is 5.92. The summed E-state index contributed by atoms with van der Waals surface area (Å²) in [6.07, 6.45) is -4.50. The Kier molecular flexibility index (Phi) is 5.95. The maximum Gasteiger partial charge on any atom is 0.450 e. The van der Waals surface area contributed by atoms with Crippen LogP contribution in [0.3, 0.4) is 0 Å². The van der Waals surface area contributed by atoms with E-state index in [4.69, 9.17) is 9.47 Å². The van der Waals surface area contributed by atoms with E-state index >= 15 is 0 Å². The van der Waals surface area contributed by atoms with Gasteiger partial charge in [0.15, 0.2) is 0 Å². The molecule has 33 heavy (non-hydrogen) atoms. The summed E-state index contributed by atoms with van der Waals surface area (Å²) in [5, 5.41) is 2.75. The van der Waals surface area contributed by atoms with Gasteiger partial charge in [-0.1, -0.05) is 12.1 Å². The number of anilines is 1. The Morgan fingerprint density at radius 3 is 2.18 bits per heavy atom. The van der Waals surface area contributed by atoms with E-state index < -0.39 is 12.0 Å². The predicted molar refractivity (Wildman–Crippen MR) is 118 cm³/mol. The lowest BCUT2D eigenvalue weighted by atomic mass is 10.1. The van der Waals surface area contributed by atoms with Gasteiger partial charge in [0.1, 0.15) is 11.5 Å². The zero-order valence-electron chi connectivity index (χ0n) is 17.8. The fourth-order valence-corrected chi connectivity index (χ4v) is 3.47. The number of hydrogen-bond acceptors (Lipinski definition) is 4. The van der Waals surface area contributed by atoms with Crippen LogP contribution >= 0.6 is 0 Å². The molecule has 0 radical (unpaired) electrons. The smallest absolute Gasteiger partial charge is 0.450 e. The number of aromatic nitrogens is 2. The number of benzene rings is 3. The van der Waals surface area contributed by atoms with Crippen LogP contribution < -0.4 is 14.8 Å². The Bertz CT molecular complexity index is 1280. The maximum atomic E-state index is 13.7. The van der Waals surface area contributed by atoms with E-state index in [-0.39, 0.29) is 23.5 Å². The Hall–Kier alpha value is -4.01. The summed E-state index contributed by atoms with van der Waals surface area (Å²) in [6, 6.07) is 17.8. The van der Waals surface area contributed by atoms with Gasteiger partial charge in [-0.25, -0.2) is 4.98 Å². The highest BCUT2D eigenvalue weighted by atomic mass is 19.4. The Morgan fingerprint density at radius 1 is 0.939 bits per heavy atom. The number of ether oxygens (including phenoxy) is 2. The highest BCUT2D eigenvalue weighted by Crippen LogP contribution is 2.35. The van der Waals surface area contributed by atoms with Crippen LogP contribution in [0.15, 0.2) is 66.7 Å². The number of hydrogen-bond donors (Lipinski definition) is 1. The second-order valence-electron chi connectivity index (χ2n) is 7.24. The summed E-state index contributed by atoms with van der Waals surface area (Å²) >= 11 is 0. The molecule has 0 spiro atoms.